The summed E-state index contributed by atoms with van der Waals surface area (Å²) in [7, 11) is 4.05. The van der Waals surface area contributed by atoms with Crippen LogP contribution in [0.2, 0.25) is 0 Å². The minimum atomic E-state index is -0.230. The van der Waals surface area contributed by atoms with Crippen LogP contribution in [0.15, 0.2) is 72.2 Å². The number of aliphatic hydroxyl groups excluding tert-OH is 1. The van der Waals surface area contributed by atoms with Crippen molar-refractivity contribution < 1.29 is 19.3 Å². The lowest BCUT2D eigenvalue weighted by molar-refractivity contribution is 0.187. The van der Waals surface area contributed by atoms with Gasteiger partial charge in [0.05, 0.1) is 12.0 Å². The van der Waals surface area contributed by atoms with Crippen LogP contribution in [-0.4, -0.2) is 43.9 Å². The SMILES string of the molecule is CN(C)CCOc1ccc(C2C=C3C=C(O)Cc4c(ccc5c4OCC=C5)C3=CO2)cc1. The molecule has 5 heteroatoms. The van der Waals surface area contributed by atoms with Crippen LogP contribution < -0.4 is 9.47 Å². The fourth-order valence-electron chi connectivity index (χ4n) is 4.21. The van der Waals surface area contributed by atoms with Crippen molar-refractivity contribution in [2.45, 2.75) is 12.5 Å². The average Bonchev–Trinajstić information content (AvgIpc) is 2.94. The van der Waals surface area contributed by atoms with Gasteiger partial charge in [0.25, 0.3) is 0 Å². The van der Waals surface area contributed by atoms with E-state index in [9.17, 15) is 5.11 Å². The number of benzene rings is 2. The van der Waals surface area contributed by atoms with Gasteiger partial charge in [-0.2, -0.15) is 0 Å². The van der Waals surface area contributed by atoms with Gasteiger partial charge in [-0.1, -0.05) is 30.3 Å². The number of allylic oxidation sites excluding steroid dienone is 4. The van der Waals surface area contributed by atoms with Crippen molar-refractivity contribution in [2.24, 2.45) is 0 Å². The summed E-state index contributed by atoms with van der Waals surface area (Å²) in [5.74, 6) is 2.01. The molecule has 3 aliphatic rings. The van der Waals surface area contributed by atoms with Crippen molar-refractivity contribution in [1.29, 1.82) is 0 Å². The van der Waals surface area contributed by atoms with Crippen LogP contribution >= 0.6 is 0 Å². The molecule has 2 heterocycles. The Bertz CT molecular complexity index is 1140. The third kappa shape index (κ3) is 4.04. The Morgan fingerprint density at radius 1 is 1.12 bits per heavy atom. The number of fused-ring (bicyclic) bond motifs is 5. The Kier molecular flexibility index (Phi) is 5.50. The van der Waals surface area contributed by atoms with E-state index in [1.54, 1.807) is 6.26 Å². The average molecular weight is 430 g/mol. The summed E-state index contributed by atoms with van der Waals surface area (Å²) >= 11 is 0. The van der Waals surface area contributed by atoms with Crippen molar-refractivity contribution in [3.63, 3.8) is 0 Å². The van der Waals surface area contributed by atoms with Gasteiger partial charge in [-0.05, 0) is 61.2 Å². The van der Waals surface area contributed by atoms with Crippen LogP contribution in [-0.2, 0) is 11.2 Å². The predicted octanol–water partition coefficient (Wildman–Crippen LogP) is 5.07. The van der Waals surface area contributed by atoms with E-state index in [4.69, 9.17) is 14.2 Å². The second-order valence-corrected chi connectivity index (χ2v) is 8.47. The second-order valence-electron chi connectivity index (χ2n) is 8.47. The van der Waals surface area contributed by atoms with Crippen LogP contribution in [0, 0.1) is 0 Å². The molecule has 164 valence electrons. The molecule has 5 nitrogen and oxygen atoms in total. The first-order valence-electron chi connectivity index (χ1n) is 10.9. The van der Waals surface area contributed by atoms with Gasteiger partial charge >= 0.3 is 0 Å². The van der Waals surface area contributed by atoms with Gasteiger partial charge in [0, 0.05) is 29.7 Å². The van der Waals surface area contributed by atoms with E-state index in [0.717, 1.165) is 51.4 Å². The molecule has 1 aliphatic carbocycles. The molecule has 0 amide bonds. The number of hydrogen-bond acceptors (Lipinski definition) is 5. The molecular formula is C27H27NO4. The summed E-state index contributed by atoms with van der Waals surface area (Å²) in [5, 5.41) is 10.6. The van der Waals surface area contributed by atoms with E-state index >= 15 is 0 Å². The van der Waals surface area contributed by atoms with E-state index < -0.39 is 0 Å². The van der Waals surface area contributed by atoms with Gasteiger partial charge in [-0.3, -0.25) is 0 Å². The van der Waals surface area contributed by atoms with Crippen molar-refractivity contribution in [3.05, 3.63) is 94.5 Å². The quantitative estimate of drug-likeness (QED) is 0.719. The molecular weight excluding hydrogens is 402 g/mol. The van der Waals surface area contributed by atoms with Gasteiger partial charge in [-0.15, -0.1) is 0 Å². The van der Waals surface area contributed by atoms with Gasteiger partial charge in [0.1, 0.15) is 30.8 Å². The minimum absolute atomic E-state index is 0.230. The Morgan fingerprint density at radius 3 is 2.78 bits per heavy atom. The van der Waals surface area contributed by atoms with Gasteiger partial charge in [0.15, 0.2) is 0 Å². The Labute approximate surface area is 188 Å². The maximum absolute atomic E-state index is 10.6. The molecule has 2 aromatic carbocycles. The van der Waals surface area contributed by atoms with E-state index in [2.05, 4.69) is 29.2 Å². The van der Waals surface area contributed by atoms with Crippen LogP contribution in [0.5, 0.6) is 11.5 Å². The number of likely N-dealkylation sites (N-methyl/N-ethyl adjacent to an activating group) is 1. The highest BCUT2D eigenvalue weighted by atomic mass is 16.5. The number of ether oxygens (including phenoxy) is 3. The Hall–Kier alpha value is -3.44. The molecule has 0 fully saturated rings. The lowest BCUT2D eigenvalue weighted by Crippen LogP contribution is -2.19. The zero-order valence-electron chi connectivity index (χ0n) is 18.4. The highest BCUT2D eigenvalue weighted by Gasteiger charge is 2.26. The van der Waals surface area contributed by atoms with Crippen LogP contribution in [0.25, 0.3) is 11.6 Å². The van der Waals surface area contributed by atoms with E-state index in [-0.39, 0.29) is 6.10 Å². The molecule has 0 saturated heterocycles. The summed E-state index contributed by atoms with van der Waals surface area (Å²) in [4.78, 5) is 2.09. The minimum Gasteiger partial charge on any atom is -0.512 e. The first-order valence-corrected chi connectivity index (χ1v) is 10.9. The van der Waals surface area contributed by atoms with Crippen LogP contribution in [0.3, 0.4) is 0 Å². The van der Waals surface area contributed by atoms with Crippen LogP contribution in [0.1, 0.15) is 28.4 Å². The summed E-state index contributed by atoms with van der Waals surface area (Å²) in [6.07, 6.45) is 9.97. The number of hydrogen-bond donors (Lipinski definition) is 1. The monoisotopic (exact) mass is 429 g/mol. The van der Waals surface area contributed by atoms with E-state index in [1.807, 2.05) is 50.5 Å². The molecule has 0 radical (unpaired) electrons. The summed E-state index contributed by atoms with van der Waals surface area (Å²) < 4.78 is 17.8. The number of nitrogens with zero attached hydrogens (tertiary/aromatic N) is 1. The molecule has 0 aromatic heterocycles. The molecule has 5 rings (SSSR count). The van der Waals surface area contributed by atoms with Gasteiger partial charge in [0.2, 0.25) is 0 Å². The standard InChI is InChI=1S/C27H27NO4/c1-28(2)11-13-30-22-8-5-18(6-9-22)26-15-20-14-21(29)16-24-23(25(20)17-32-26)10-7-19-4-3-12-31-27(19)24/h3-10,14-15,17,26,29H,11-13,16H2,1-2H3. The largest absolute Gasteiger partial charge is 0.512 e. The lowest BCUT2D eigenvalue weighted by Gasteiger charge is -2.24. The van der Waals surface area contributed by atoms with Crippen molar-refractivity contribution in [2.75, 3.05) is 33.9 Å². The highest BCUT2D eigenvalue weighted by molar-refractivity contribution is 5.87. The van der Waals surface area contributed by atoms with Gasteiger partial charge in [-0.25, -0.2) is 0 Å². The molecule has 1 atom stereocenters. The van der Waals surface area contributed by atoms with Crippen molar-refractivity contribution in [3.8, 4) is 11.5 Å². The normalized spacial score (nSPS) is 18.7. The van der Waals surface area contributed by atoms with Gasteiger partial charge < -0.3 is 24.2 Å². The molecule has 0 spiro atoms. The second kappa shape index (κ2) is 8.60. The lowest BCUT2D eigenvalue weighted by atomic mass is 9.91. The molecule has 0 bridgehead atoms. The summed E-state index contributed by atoms with van der Waals surface area (Å²) in [6, 6.07) is 12.1. The maximum atomic E-state index is 10.6. The highest BCUT2D eigenvalue weighted by Crippen LogP contribution is 2.43. The third-order valence-corrected chi connectivity index (χ3v) is 5.87. The fraction of sp³-hybridized carbons (Fsp3) is 0.259. The zero-order valence-corrected chi connectivity index (χ0v) is 18.4. The first-order chi connectivity index (χ1) is 15.6. The zero-order chi connectivity index (χ0) is 22.1. The number of aliphatic hydroxyl groups is 1. The van der Waals surface area contributed by atoms with Crippen molar-refractivity contribution in [1.82, 2.24) is 4.90 Å². The maximum Gasteiger partial charge on any atom is 0.142 e. The third-order valence-electron chi connectivity index (χ3n) is 5.87. The number of rotatable bonds is 5. The molecule has 1 unspecified atom stereocenters. The van der Waals surface area contributed by atoms with E-state index in [1.165, 1.54) is 0 Å². The smallest absolute Gasteiger partial charge is 0.142 e. The molecule has 2 aromatic rings. The van der Waals surface area contributed by atoms with E-state index in [0.29, 0.717) is 25.4 Å². The Morgan fingerprint density at radius 2 is 1.97 bits per heavy atom. The molecule has 0 saturated carbocycles. The van der Waals surface area contributed by atoms with Crippen LogP contribution in [0.4, 0.5) is 0 Å². The molecule has 2 aliphatic heterocycles. The van der Waals surface area contributed by atoms with Crippen molar-refractivity contribution >= 4 is 11.6 Å². The first kappa shape index (κ1) is 20.5. The summed E-state index contributed by atoms with van der Waals surface area (Å²) in [6.45, 7) is 2.06. The molecule has 1 N–H and O–H groups in total. The molecule has 32 heavy (non-hydrogen) atoms. The topological polar surface area (TPSA) is 51.2 Å². The fourth-order valence-corrected chi connectivity index (χ4v) is 4.21. The predicted molar refractivity (Wildman–Crippen MR) is 126 cm³/mol. The summed E-state index contributed by atoms with van der Waals surface area (Å²) in [5.41, 5.74) is 6.02. The Balaban J connectivity index is 1.40.